The lowest BCUT2D eigenvalue weighted by molar-refractivity contribution is 0.228. The first-order chi connectivity index (χ1) is 8.07. The van der Waals surface area contributed by atoms with Crippen molar-refractivity contribution < 1.29 is 18.7 Å². The second-order valence-electron chi connectivity index (χ2n) is 3.26. The van der Waals surface area contributed by atoms with Gasteiger partial charge in [0.15, 0.2) is 0 Å². The van der Waals surface area contributed by atoms with E-state index >= 15 is 0 Å². The van der Waals surface area contributed by atoms with Crippen LogP contribution in [0.25, 0.3) is 0 Å². The first kappa shape index (κ1) is 14.9. The Balaban J connectivity index is 3.22. The van der Waals surface area contributed by atoms with E-state index in [1.807, 2.05) is 0 Å². The number of halogens is 1. The van der Waals surface area contributed by atoms with Crippen molar-refractivity contribution in [3.8, 4) is 0 Å². The van der Waals surface area contributed by atoms with Gasteiger partial charge in [0.2, 0.25) is 0 Å². The molecule has 0 atom stereocenters. The van der Waals surface area contributed by atoms with Gasteiger partial charge in [-0.2, -0.15) is 0 Å². The zero-order valence-corrected chi connectivity index (χ0v) is 12.3. The summed E-state index contributed by atoms with van der Waals surface area (Å²) in [6.45, 7) is 3.88. The summed E-state index contributed by atoms with van der Waals surface area (Å²) in [7, 11) is -3.33. The maximum absolute atomic E-state index is 12.5. The SMILES string of the molecule is CCOP(=O)(OCC)c1ccc(Br)cc1CO. The van der Waals surface area contributed by atoms with Crippen molar-refractivity contribution in [2.24, 2.45) is 0 Å². The predicted molar refractivity (Wildman–Crippen MR) is 70.6 cm³/mol. The summed E-state index contributed by atoms with van der Waals surface area (Å²) >= 11 is 3.30. The highest BCUT2D eigenvalue weighted by Gasteiger charge is 2.29. The minimum atomic E-state index is -3.33. The maximum atomic E-state index is 12.5. The Hall–Kier alpha value is -0.190. The minimum Gasteiger partial charge on any atom is -0.392 e. The van der Waals surface area contributed by atoms with E-state index in [4.69, 9.17) is 9.05 Å². The molecule has 1 aromatic carbocycles. The number of aliphatic hydroxyl groups is 1. The van der Waals surface area contributed by atoms with Crippen LogP contribution in [-0.4, -0.2) is 18.3 Å². The van der Waals surface area contributed by atoms with Crippen molar-refractivity contribution in [2.75, 3.05) is 13.2 Å². The fourth-order valence-electron chi connectivity index (χ4n) is 1.46. The molecular weight excluding hydrogens is 307 g/mol. The first-order valence-corrected chi connectivity index (χ1v) is 7.70. The van der Waals surface area contributed by atoms with Gasteiger partial charge in [-0.15, -0.1) is 0 Å². The molecular formula is C11H16BrO4P. The normalized spacial score (nSPS) is 11.8. The van der Waals surface area contributed by atoms with Crippen LogP contribution in [-0.2, 0) is 20.2 Å². The molecule has 1 rings (SSSR count). The van der Waals surface area contributed by atoms with Crippen molar-refractivity contribution in [2.45, 2.75) is 20.5 Å². The topological polar surface area (TPSA) is 55.8 Å². The van der Waals surface area contributed by atoms with Crippen LogP contribution in [0.15, 0.2) is 22.7 Å². The van der Waals surface area contributed by atoms with Gasteiger partial charge in [-0.25, -0.2) is 0 Å². The van der Waals surface area contributed by atoms with Gasteiger partial charge in [0, 0.05) is 4.47 Å². The molecule has 0 saturated carbocycles. The quantitative estimate of drug-likeness (QED) is 0.818. The average molecular weight is 323 g/mol. The van der Waals surface area contributed by atoms with Crippen LogP contribution in [0.1, 0.15) is 19.4 Å². The van der Waals surface area contributed by atoms with Gasteiger partial charge >= 0.3 is 7.60 Å². The third-order valence-corrected chi connectivity index (χ3v) is 4.82. The van der Waals surface area contributed by atoms with Crippen LogP contribution >= 0.6 is 23.5 Å². The van der Waals surface area contributed by atoms with Crippen LogP contribution in [0, 0.1) is 0 Å². The monoisotopic (exact) mass is 322 g/mol. The Bertz CT molecular complexity index is 412. The summed E-state index contributed by atoms with van der Waals surface area (Å²) in [6.07, 6.45) is 0. The highest BCUT2D eigenvalue weighted by atomic mass is 79.9. The van der Waals surface area contributed by atoms with Crippen molar-refractivity contribution in [3.63, 3.8) is 0 Å². The van der Waals surface area contributed by atoms with Crippen LogP contribution in [0.3, 0.4) is 0 Å². The van der Waals surface area contributed by atoms with Gasteiger partial charge < -0.3 is 14.2 Å². The standard InChI is InChI=1S/C11H16BrO4P/c1-3-15-17(14,16-4-2)11-6-5-10(12)7-9(11)8-13/h5-7,13H,3-4,8H2,1-2H3. The molecule has 0 unspecified atom stereocenters. The summed E-state index contributed by atoms with van der Waals surface area (Å²) < 4.78 is 23.8. The van der Waals surface area contributed by atoms with E-state index in [0.29, 0.717) is 10.9 Å². The molecule has 1 N–H and O–H groups in total. The second kappa shape index (κ2) is 6.66. The first-order valence-electron chi connectivity index (χ1n) is 5.36. The van der Waals surface area contributed by atoms with Crippen LogP contribution < -0.4 is 5.30 Å². The van der Waals surface area contributed by atoms with Crippen molar-refractivity contribution in [3.05, 3.63) is 28.2 Å². The molecule has 0 aliphatic carbocycles. The molecule has 17 heavy (non-hydrogen) atoms. The molecule has 1 aromatic rings. The number of rotatable bonds is 6. The zero-order chi connectivity index (χ0) is 12.9. The zero-order valence-electron chi connectivity index (χ0n) is 9.85. The maximum Gasteiger partial charge on any atom is 0.361 e. The van der Waals surface area contributed by atoms with E-state index in [9.17, 15) is 9.67 Å². The highest BCUT2D eigenvalue weighted by molar-refractivity contribution is 9.10. The van der Waals surface area contributed by atoms with Crippen molar-refractivity contribution in [1.29, 1.82) is 0 Å². The van der Waals surface area contributed by atoms with E-state index < -0.39 is 7.60 Å². The van der Waals surface area contributed by atoms with Crippen molar-refractivity contribution >= 4 is 28.8 Å². The second-order valence-corrected chi connectivity index (χ2v) is 6.17. The summed E-state index contributed by atoms with van der Waals surface area (Å²) in [4.78, 5) is 0. The molecule has 0 aliphatic heterocycles. The smallest absolute Gasteiger partial charge is 0.361 e. The van der Waals surface area contributed by atoms with Gasteiger partial charge in [0.25, 0.3) is 0 Å². The van der Waals surface area contributed by atoms with Gasteiger partial charge in [-0.1, -0.05) is 15.9 Å². The summed E-state index contributed by atoms with van der Waals surface area (Å²) in [6, 6.07) is 5.11. The van der Waals surface area contributed by atoms with Gasteiger partial charge in [-0.05, 0) is 37.6 Å². The van der Waals surface area contributed by atoms with Crippen LogP contribution in [0.4, 0.5) is 0 Å². The molecule has 6 heteroatoms. The molecule has 0 amide bonds. The van der Waals surface area contributed by atoms with Crippen molar-refractivity contribution in [1.82, 2.24) is 0 Å². The third kappa shape index (κ3) is 3.63. The summed E-state index contributed by atoms with van der Waals surface area (Å²) in [5.41, 5.74) is 0.546. The third-order valence-electron chi connectivity index (χ3n) is 2.11. The Kier molecular flexibility index (Phi) is 5.83. The molecule has 0 aromatic heterocycles. The number of benzene rings is 1. The lowest BCUT2D eigenvalue weighted by atomic mass is 10.2. The predicted octanol–water partition coefficient (Wildman–Crippen LogP) is 2.83. The van der Waals surface area contributed by atoms with Crippen LogP contribution in [0.2, 0.25) is 0 Å². The fraction of sp³-hybridized carbons (Fsp3) is 0.455. The number of hydrogen-bond acceptors (Lipinski definition) is 4. The van der Waals surface area contributed by atoms with E-state index in [-0.39, 0.29) is 19.8 Å². The molecule has 0 radical (unpaired) electrons. The number of hydrogen-bond donors (Lipinski definition) is 1. The van der Waals surface area contributed by atoms with E-state index in [0.717, 1.165) is 4.47 Å². The van der Waals surface area contributed by atoms with E-state index in [1.165, 1.54) is 0 Å². The summed E-state index contributed by atoms with van der Waals surface area (Å²) in [5.74, 6) is 0. The Morgan fingerprint density at radius 2 is 1.88 bits per heavy atom. The lowest BCUT2D eigenvalue weighted by Gasteiger charge is -2.19. The Morgan fingerprint density at radius 3 is 2.35 bits per heavy atom. The molecule has 0 saturated heterocycles. The molecule has 96 valence electrons. The van der Waals surface area contributed by atoms with Gasteiger partial charge in [-0.3, -0.25) is 4.57 Å². The van der Waals surface area contributed by atoms with Gasteiger partial charge in [0.1, 0.15) is 0 Å². The average Bonchev–Trinajstić information content (AvgIpc) is 2.29. The summed E-state index contributed by atoms with van der Waals surface area (Å²) in [5, 5.41) is 9.71. The molecule has 0 fully saturated rings. The lowest BCUT2D eigenvalue weighted by Crippen LogP contribution is -2.15. The van der Waals surface area contributed by atoms with E-state index in [1.54, 1.807) is 32.0 Å². The molecule has 0 aliphatic rings. The Morgan fingerprint density at radius 1 is 1.29 bits per heavy atom. The largest absolute Gasteiger partial charge is 0.392 e. The molecule has 0 spiro atoms. The molecule has 0 bridgehead atoms. The fourth-order valence-corrected chi connectivity index (χ4v) is 3.65. The minimum absolute atomic E-state index is 0.209. The van der Waals surface area contributed by atoms with Gasteiger partial charge in [0.05, 0.1) is 25.1 Å². The number of aliphatic hydroxyl groups excluding tert-OH is 1. The van der Waals surface area contributed by atoms with Crippen LogP contribution in [0.5, 0.6) is 0 Å². The molecule has 4 nitrogen and oxygen atoms in total. The van der Waals surface area contributed by atoms with E-state index in [2.05, 4.69) is 15.9 Å². The Labute approximate surface area is 110 Å². The highest BCUT2D eigenvalue weighted by Crippen LogP contribution is 2.47. The molecule has 0 heterocycles.